The number of aryl methyl sites for hydroxylation is 1. The molecular weight excluding hydrogens is 355 g/mol. The van der Waals surface area contributed by atoms with E-state index in [0.717, 1.165) is 17.7 Å². The van der Waals surface area contributed by atoms with Crippen molar-refractivity contribution in [3.8, 4) is 5.75 Å². The Morgan fingerprint density at radius 3 is 2.33 bits per heavy atom. The molecule has 0 saturated carbocycles. The number of nitrogen functional groups attached to an aromatic ring is 1. The maximum Gasteiger partial charge on any atom is 0.416 e. The lowest BCUT2D eigenvalue weighted by molar-refractivity contribution is -0.137. The summed E-state index contributed by atoms with van der Waals surface area (Å²) in [6, 6.07) is 12.4. The Kier molecular flexibility index (Phi) is 5.69. The largest absolute Gasteiger partial charge is 0.489 e. The molecular formula is C20H20F3N3O. The van der Waals surface area contributed by atoms with Gasteiger partial charge in [-0.05, 0) is 54.8 Å². The lowest BCUT2D eigenvalue weighted by Gasteiger charge is -2.20. The monoisotopic (exact) mass is 375 g/mol. The maximum atomic E-state index is 12.7. The number of hydrogen-bond donors (Lipinski definition) is 1. The molecule has 0 fully saturated rings. The van der Waals surface area contributed by atoms with Gasteiger partial charge in [0.25, 0.3) is 0 Å². The SMILES string of the molecule is Nc1ccc(OC(CCc2ccc(C(F)(F)F)cc2)Cn2ccnc2)cc1. The van der Waals surface area contributed by atoms with Crippen molar-refractivity contribution in [2.24, 2.45) is 0 Å². The molecule has 1 heterocycles. The minimum absolute atomic E-state index is 0.162. The highest BCUT2D eigenvalue weighted by molar-refractivity contribution is 5.41. The Balaban J connectivity index is 1.66. The average Bonchev–Trinajstić information content (AvgIpc) is 3.14. The molecule has 0 bridgehead atoms. The van der Waals surface area contributed by atoms with Gasteiger partial charge < -0.3 is 15.0 Å². The zero-order valence-electron chi connectivity index (χ0n) is 14.6. The second-order valence-corrected chi connectivity index (χ2v) is 6.30. The van der Waals surface area contributed by atoms with Crippen LogP contribution in [0.5, 0.6) is 5.75 Å². The number of hydrogen-bond acceptors (Lipinski definition) is 3. The van der Waals surface area contributed by atoms with Crippen LogP contribution >= 0.6 is 0 Å². The van der Waals surface area contributed by atoms with Crippen LogP contribution in [0.2, 0.25) is 0 Å². The van der Waals surface area contributed by atoms with Crippen molar-refractivity contribution in [1.82, 2.24) is 9.55 Å². The van der Waals surface area contributed by atoms with Crippen molar-refractivity contribution < 1.29 is 17.9 Å². The third kappa shape index (κ3) is 5.51. The molecule has 4 nitrogen and oxygen atoms in total. The first-order valence-corrected chi connectivity index (χ1v) is 8.54. The quantitative estimate of drug-likeness (QED) is 0.616. The summed E-state index contributed by atoms with van der Waals surface area (Å²) in [6.45, 7) is 0.588. The topological polar surface area (TPSA) is 53.1 Å². The van der Waals surface area contributed by atoms with Crippen molar-refractivity contribution in [2.45, 2.75) is 31.7 Å². The highest BCUT2D eigenvalue weighted by Crippen LogP contribution is 2.29. The van der Waals surface area contributed by atoms with Gasteiger partial charge >= 0.3 is 6.18 Å². The number of benzene rings is 2. The number of alkyl halides is 3. The van der Waals surface area contributed by atoms with E-state index in [4.69, 9.17) is 10.5 Å². The average molecular weight is 375 g/mol. The first-order chi connectivity index (χ1) is 12.9. The van der Waals surface area contributed by atoms with Gasteiger partial charge in [-0.25, -0.2) is 4.98 Å². The highest BCUT2D eigenvalue weighted by atomic mass is 19.4. The normalized spacial score (nSPS) is 12.7. The molecule has 0 aliphatic heterocycles. The summed E-state index contributed by atoms with van der Waals surface area (Å²) in [4.78, 5) is 4.03. The van der Waals surface area contributed by atoms with Crippen molar-refractivity contribution in [3.05, 3.63) is 78.4 Å². The molecule has 0 aliphatic carbocycles. The zero-order valence-corrected chi connectivity index (χ0v) is 14.6. The predicted molar refractivity (Wildman–Crippen MR) is 97.3 cm³/mol. The zero-order chi connectivity index (χ0) is 19.3. The number of halogens is 3. The van der Waals surface area contributed by atoms with Gasteiger partial charge in [-0.2, -0.15) is 13.2 Å². The Morgan fingerprint density at radius 1 is 1.04 bits per heavy atom. The van der Waals surface area contributed by atoms with Crippen LogP contribution in [-0.4, -0.2) is 15.7 Å². The van der Waals surface area contributed by atoms with E-state index in [1.807, 2.05) is 10.8 Å². The smallest absolute Gasteiger partial charge is 0.416 e. The van der Waals surface area contributed by atoms with Gasteiger partial charge in [-0.3, -0.25) is 0 Å². The number of aromatic nitrogens is 2. The molecule has 7 heteroatoms. The predicted octanol–water partition coefficient (Wildman–Crippen LogP) is 4.56. The van der Waals surface area contributed by atoms with Crippen LogP contribution < -0.4 is 10.5 Å². The standard InChI is InChI=1S/C20H20F3N3O/c21-20(22,23)16-4-1-15(2-5-16)3-8-19(13-26-12-11-25-14-26)27-18-9-6-17(24)7-10-18/h1-2,4-7,9-12,14,19H,3,8,13,24H2. The molecule has 1 unspecified atom stereocenters. The van der Waals surface area contributed by atoms with Gasteiger partial charge in [-0.15, -0.1) is 0 Å². The Labute approximate surface area is 155 Å². The third-order valence-electron chi connectivity index (χ3n) is 4.19. The summed E-state index contributed by atoms with van der Waals surface area (Å²) in [5.41, 5.74) is 6.54. The molecule has 0 aliphatic rings. The fourth-order valence-corrected chi connectivity index (χ4v) is 2.74. The summed E-state index contributed by atoms with van der Waals surface area (Å²) < 4.78 is 46.0. The van der Waals surface area contributed by atoms with E-state index in [1.54, 1.807) is 36.8 Å². The summed E-state index contributed by atoms with van der Waals surface area (Å²) in [5.74, 6) is 0.696. The Morgan fingerprint density at radius 2 is 1.74 bits per heavy atom. The van der Waals surface area contributed by atoms with Crippen LogP contribution in [0.15, 0.2) is 67.3 Å². The lowest BCUT2D eigenvalue weighted by atomic mass is 10.0. The molecule has 27 heavy (non-hydrogen) atoms. The number of imidazole rings is 1. The first kappa shape index (κ1) is 18.8. The molecule has 1 atom stereocenters. The van der Waals surface area contributed by atoms with Crippen LogP contribution in [0.3, 0.4) is 0 Å². The fraction of sp³-hybridized carbons (Fsp3) is 0.250. The number of rotatable bonds is 7. The van der Waals surface area contributed by atoms with Gasteiger partial charge in [0, 0.05) is 18.1 Å². The summed E-state index contributed by atoms with van der Waals surface area (Å²) >= 11 is 0. The van der Waals surface area contributed by atoms with E-state index in [9.17, 15) is 13.2 Å². The molecule has 2 aromatic carbocycles. The van der Waals surface area contributed by atoms with Crippen LogP contribution in [0, 0.1) is 0 Å². The molecule has 2 N–H and O–H groups in total. The first-order valence-electron chi connectivity index (χ1n) is 8.54. The maximum absolute atomic E-state index is 12.7. The van der Waals surface area contributed by atoms with E-state index in [0.29, 0.717) is 30.8 Å². The van der Waals surface area contributed by atoms with E-state index >= 15 is 0 Å². The lowest BCUT2D eigenvalue weighted by Crippen LogP contribution is -2.23. The van der Waals surface area contributed by atoms with E-state index in [2.05, 4.69) is 4.98 Å². The van der Waals surface area contributed by atoms with Crippen molar-refractivity contribution in [3.63, 3.8) is 0 Å². The fourth-order valence-electron chi connectivity index (χ4n) is 2.74. The molecule has 3 aromatic rings. The van der Waals surface area contributed by atoms with Crippen LogP contribution in [0.4, 0.5) is 18.9 Å². The van der Waals surface area contributed by atoms with Crippen molar-refractivity contribution >= 4 is 5.69 Å². The molecule has 0 radical (unpaired) electrons. The van der Waals surface area contributed by atoms with Gasteiger partial charge in [0.2, 0.25) is 0 Å². The van der Waals surface area contributed by atoms with Gasteiger partial charge in [0.05, 0.1) is 18.4 Å². The summed E-state index contributed by atoms with van der Waals surface area (Å²) in [7, 11) is 0. The molecule has 0 amide bonds. The number of anilines is 1. The van der Waals surface area contributed by atoms with E-state index in [1.165, 1.54) is 12.1 Å². The number of nitrogens with zero attached hydrogens (tertiary/aromatic N) is 2. The van der Waals surface area contributed by atoms with E-state index in [-0.39, 0.29) is 6.10 Å². The van der Waals surface area contributed by atoms with Gasteiger partial charge in [0.1, 0.15) is 11.9 Å². The molecule has 3 rings (SSSR count). The summed E-state index contributed by atoms with van der Waals surface area (Å²) in [6.07, 6.45) is 2.01. The third-order valence-corrected chi connectivity index (χ3v) is 4.19. The molecule has 1 aromatic heterocycles. The Bertz CT molecular complexity index is 828. The minimum atomic E-state index is -4.32. The number of nitrogens with two attached hydrogens (primary N) is 1. The van der Waals surface area contributed by atoms with Crippen LogP contribution in [-0.2, 0) is 19.1 Å². The molecule has 0 saturated heterocycles. The highest BCUT2D eigenvalue weighted by Gasteiger charge is 2.29. The van der Waals surface area contributed by atoms with Crippen molar-refractivity contribution in [1.29, 1.82) is 0 Å². The Hall–Kier alpha value is -2.96. The molecule has 0 spiro atoms. The minimum Gasteiger partial charge on any atom is -0.489 e. The summed E-state index contributed by atoms with van der Waals surface area (Å²) in [5, 5.41) is 0. The molecule has 142 valence electrons. The van der Waals surface area contributed by atoms with E-state index < -0.39 is 11.7 Å². The van der Waals surface area contributed by atoms with Gasteiger partial charge in [0.15, 0.2) is 0 Å². The second kappa shape index (κ2) is 8.16. The van der Waals surface area contributed by atoms with Crippen LogP contribution in [0.25, 0.3) is 0 Å². The second-order valence-electron chi connectivity index (χ2n) is 6.30. The number of ether oxygens (including phenoxy) is 1. The van der Waals surface area contributed by atoms with Crippen LogP contribution in [0.1, 0.15) is 17.5 Å². The van der Waals surface area contributed by atoms with Crippen molar-refractivity contribution in [2.75, 3.05) is 5.73 Å². The van der Waals surface area contributed by atoms with Gasteiger partial charge in [-0.1, -0.05) is 12.1 Å².